The molecule has 0 spiro atoms. The Morgan fingerprint density at radius 1 is 1.03 bits per heavy atom. The van der Waals surface area contributed by atoms with Gasteiger partial charge in [0.2, 0.25) is 5.91 Å². The maximum absolute atomic E-state index is 13.6. The molecular formula is C22H27ClN4O2S. The number of carbonyl (C=O) groups is 2. The minimum Gasteiger partial charge on any atom is -0.351 e. The Labute approximate surface area is 186 Å². The van der Waals surface area contributed by atoms with Gasteiger partial charge in [0.1, 0.15) is 6.04 Å². The summed E-state index contributed by atoms with van der Waals surface area (Å²) in [6.45, 7) is 0. The fourth-order valence-electron chi connectivity index (χ4n) is 4.68. The van der Waals surface area contributed by atoms with Crippen LogP contribution in [-0.4, -0.2) is 38.4 Å². The van der Waals surface area contributed by atoms with Crippen molar-refractivity contribution in [2.45, 2.75) is 75.9 Å². The van der Waals surface area contributed by atoms with Crippen molar-refractivity contribution >= 4 is 34.9 Å². The first-order valence-corrected chi connectivity index (χ1v) is 12.0. The molecule has 8 heteroatoms. The summed E-state index contributed by atoms with van der Waals surface area (Å²) in [7, 11) is 0. The van der Waals surface area contributed by atoms with Crippen LogP contribution in [0.2, 0.25) is 5.02 Å². The summed E-state index contributed by atoms with van der Waals surface area (Å²) in [6.07, 6.45) is 9.37. The van der Waals surface area contributed by atoms with Crippen LogP contribution < -0.4 is 5.32 Å². The molecule has 2 aliphatic rings. The van der Waals surface area contributed by atoms with Crippen LogP contribution in [0.4, 0.5) is 0 Å². The second-order valence-corrected chi connectivity index (χ2v) is 9.28. The van der Waals surface area contributed by atoms with Crippen molar-refractivity contribution in [2.24, 2.45) is 0 Å². The van der Waals surface area contributed by atoms with E-state index < -0.39 is 6.04 Å². The molecule has 2 fully saturated rings. The van der Waals surface area contributed by atoms with Gasteiger partial charge in [0.15, 0.2) is 5.69 Å². The molecule has 4 rings (SSSR count). The standard InChI is InChI=1S/C22H27ClN4O2S/c23-16-12-10-15(11-13-16)20(21(28)24-17-6-2-1-3-7-17)27(18-8-4-5-9-18)22(29)19-14-30-26-25-19/h10-14,17-18,20H,1-9H2,(H,24,28). The van der Waals surface area contributed by atoms with E-state index in [1.54, 1.807) is 22.4 Å². The summed E-state index contributed by atoms with van der Waals surface area (Å²) in [4.78, 5) is 28.8. The van der Waals surface area contributed by atoms with E-state index in [0.717, 1.165) is 68.5 Å². The summed E-state index contributed by atoms with van der Waals surface area (Å²) >= 11 is 7.25. The molecule has 2 amide bonds. The van der Waals surface area contributed by atoms with Gasteiger partial charge in [-0.2, -0.15) is 0 Å². The molecule has 160 valence electrons. The topological polar surface area (TPSA) is 75.2 Å². The van der Waals surface area contributed by atoms with Gasteiger partial charge in [0, 0.05) is 22.5 Å². The van der Waals surface area contributed by atoms with Crippen molar-refractivity contribution in [3.05, 3.63) is 45.9 Å². The van der Waals surface area contributed by atoms with Crippen molar-refractivity contribution in [3.8, 4) is 0 Å². The van der Waals surface area contributed by atoms with Gasteiger partial charge in [-0.25, -0.2) is 0 Å². The number of nitrogens with one attached hydrogen (secondary N) is 1. The van der Waals surface area contributed by atoms with Crippen LogP contribution in [0.15, 0.2) is 29.6 Å². The highest BCUT2D eigenvalue weighted by Gasteiger charge is 2.39. The largest absolute Gasteiger partial charge is 0.351 e. The minimum atomic E-state index is -0.707. The number of rotatable bonds is 6. The maximum Gasteiger partial charge on any atom is 0.276 e. The lowest BCUT2D eigenvalue weighted by Gasteiger charge is -2.36. The molecule has 6 nitrogen and oxygen atoms in total. The SMILES string of the molecule is O=C(NC1CCCCC1)C(c1ccc(Cl)cc1)N(C(=O)c1csnn1)C1CCCC1. The second-order valence-electron chi connectivity index (χ2n) is 8.24. The predicted octanol–water partition coefficient (Wildman–Crippen LogP) is 4.77. The molecule has 0 aliphatic heterocycles. The van der Waals surface area contributed by atoms with Crippen LogP contribution in [0.5, 0.6) is 0 Å². The number of hydrogen-bond donors (Lipinski definition) is 1. The van der Waals surface area contributed by atoms with E-state index in [-0.39, 0.29) is 23.9 Å². The lowest BCUT2D eigenvalue weighted by molar-refractivity contribution is -0.127. The summed E-state index contributed by atoms with van der Waals surface area (Å²) in [5, 5.41) is 9.49. The molecule has 1 aromatic heterocycles. The highest BCUT2D eigenvalue weighted by atomic mass is 35.5. The summed E-state index contributed by atoms with van der Waals surface area (Å²) in [5.74, 6) is -0.345. The molecule has 30 heavy (non-hydrogen) atoms. The monoisotopic (exact) mass is 446 g/mol. The van der Waals surface area contributed by atoms with Gasteiger partial charge in [-0.05, 0) is 54.9 Å². The molecule has 0 bridgehead atoms. The number of aromatic nitrogens is 2. The third kappa shape index (κ3) is 4.83. The van der Waals surface area contributed by atoms with E-state index >= 15 is 0 Å². The smallest absolute Gasteiger partial charge is 0.276 e. The fraction of sp³-hybridized carbons (Fsp3) is 0.545. The molecule has 1 atom stereocenters. The summed E-state index contributed by atoms with van der Waals surface area (Å²) in [5.41, 5.74) is 1.08. The van der Waals surface area contributed by atoms with Crippen molar-refractivity contribution in [1.29, 1.82) is 0 Å². The first-order valence-electron chi connectivity index (χ1n) is 10.8. The third-order valence-corrected chi connectivity index (χ3v) is 6.95. The van der Waals surface area contributed by atoms with Crippen LogP contribution in [0.3, 0.4) is 0 Å². The van der Waals surface area contributed by atoms with Gasteiger partial charge in [-0.1, -0.05) is 60.3 Å². The van der Waals surface area contributed by atoms with E-state index in [1.165, 1.54) is 6.42 Å². The summed E-state index contributed by atoms with van der Waals surface area (Å²) in [6, 6.07) is 6.73. The van der Waals surface area contributed by atoms with E-state index in [1.807, 2.05) is 12.1 Å². The molecule has 0 radical (unpaired) electrons. The normalized spacial score (nSPS) is 18.8. The average Bonchev–Trinajstić information content (AvgIpc) is 3.47. The molecule has 1 unspecified atom stereocenters. The van der Waals surface area contributed by atoms with Gasteiger partial charge < -0.3 is 10.2 Å². The van der Waals surface area contributed by atoms with Crippen LogP contribution >= 0.6 is 23.1 Å². The average molecular weight is 447 g/mol. The molecule has 1 aromatic carbocycles. The number of nitrogens with zero attached hydrogens (tertiary/aromatic N) is 3. The number of halogens is 1. The highest BCUT2D eigenvalue weighted by molar-refractivity contribution is 7.03. The Balaban J connectivity index is 1.69. The van der Waals surface area contributed by atoms with Crippen LogP contribution in [0.1, 0.15) is 79.9 Å². The first-order chi connectivity index (χ1) is 14.6. The van der Waals surface area contributed by atoms with E-state index in [2.05, 4.69) is 14.9 Å². The quantitative estimate of drug-likeness (QED) is 0.693. The molecule has 2 aliphatic carbocycles. The van der Waals surface area contributed by atoms with Gasteiger partial charge in [-0.15, -0.1) is 5.10 Å². The number of hydrogen-bond acceptors (Lipinski definition) is 5. The number of carbonyl (C=O) groups excluding carboxylic acids is 2. The first kappa shape index (κ1) is 21.2. The Morgan fingerprint density at radius 2 is 1.70 bits per heavy atom. The predicted molar refractivity (Wildman–Crippen MR) is 118 cm³/mol. The highest BCUT2D eigenvalue weighted by Crippen LogP contribution is 2.34. The Hall–Kier alpha value is -1.99. The maximum atomic E-state index is 13.6. The molecular weight excluding hydrogens is 420 g/mol. The third-order valence-electron chi connectivity index (χ3n) is 6.20. The van der Waals surface area contributed by atoms with Gasteiger partial charge >= 0.3 is 0 Å². The van der Waals surface area contributed by atoms with Crippen LogP contribution in [0.25, 0.3) is 0 Å². The molecule has 1 heterocycles. The van der Waals surface area contributed by atoms with Crippen molar-refractivity contribution in [1.82, 2.24) is 19.8 Å². The molecule has 1 N–H and O–H groups in total. The number of benzene rings is 1. The van der Waals surface area contributed by atoms with Crippen LogP contribution in [-0.2, 0) is 4.79 Å². The molecule has 0 saturated heterocycles. The fourth-order valence-corrected chi connectivity index (χ4v) is 5.23. The second kappa shape index (κ2) is 9.88. The number of amides is 2. The van der Waals surface area contributed by atoms with Crippen molar-refractivity contribution < 1.29 is 9.59 Å². The Bertz CT molecular complexity index is 847. The van der Waals surface area contributed by atoms with Gasteiger partial charge in [-0.3, -0.25) is 9.59 Å². The van der Waals surface area contributed by atoms with Crippen molar-refractivity contribution in [3.63, 3.8) is 0 Å². The van der Waals surface area contributed by atoms with Gasteiger partial charge in [0.25, 0.3) is 5.91 Å². The zero-order valence-corrected chi connectivity index (χ0v) is 18.5. The minimum absolute atomic E-state index is 0.0111. The zero-order valence-electron chi connectivity index (χ0n) is 16.9. The van der Waals surface area contributed by atoms with E-state index in [4.69, 9.17) is 11.6 Å². The Morgan fingerprint density at radius 3 is 2.33 bits per heavy atom. The van der Waals surface area contributed by atoms with E-state index in [0.29, 0.717) is 10.7 Å². The lowest BCUT2D eigenvalue weighted by atomic mass is 9.94. The Kier molecular flexibility index (Phi) is 7.00. The lowest BCUT2D eigenvalue weighted by Crippen LogP contribution is -2.50. The van der Waals surface area contributed by atoms with E-state index in [9.17, 15) is 9.59 Å². The molecule has 2 aromatic rings. The van der Waals surface area contributed by atoms with Gasteiger partial charge in [0.05, 0.1) is 0 Å². The zero-order chi connectivity index (χ0) is 20.9. The van der Waals surface area contributed by atoms with Crippen molar-refractivity contribution in [2.75, 3.05) is 0 Å². The summed E-state index contributed by atoms with van der Waals surface area (Å²) < 4.78 is 3.86. The van der Waals surface area contributed by atoms with Crippen LogP contribution in [0, 0.1) is 0 Å². The molecule has 2 saturated carbocycles.